The van der Waals surface area contributed by atoms with Gasteiger partial charge in [0.05, 0.1) is 18.8 Å². The third-order valence-electron chi connectivity index (χ3n) is 4.42. The Kier molecular flexibility index (Phi) is 6.86. The smallest absolute Gasteiger partial charge is 0.191 e. The molecule has 0 amide bonds. The fourth-order valence-electron chi connectivity index (χ4n) is 2.99. The first kappa shape index (κ1) is 17.8. The van der Waals surface area contributed by atoms with Gasteiger partial charge in [-0.15, -0.1) is 0 Å². The number of aliphatic hydroxyl groups is 2. The first-order valence-corrected chi connectivity index (χ1v) is 8.57. The van der Waals surface area contributed by atoms with Crippen molar-refractivity contribution in [1.82, 2.24) is 10.6 Å². The van der Waals surface area contributed by atoms with Crippen LogP contribution in [0.1, 0.15) is 44.1 Å². The van der Waals surface area contributed by atoms with Crippen LogP contribution in [-0.2, 0) is 0 Å². The quantitative estimate of drug-likeness (QED) is 0.455. The van der Waals surface area contributed by atoms with Crippen LogP contribution in [0.15, 0.2) is 35.3 Å². The van der Waals surface area contributed by atoms with E-state index in [0.717, 1.165) is 37.8 Å². The second-order valence-electron chi connectivity index (χ2n) is 6.30. The number of nitrogens with one attached hydrogen (secondary N) is 2. The Morgan fingerprint density at radius 2 is 1.91 bits per heavy atom. The molecule has 0 radical (unpaired) electrons. The second-order valence-corrected chi connectivity index (χ2v) is 6.30. The maximum Gasteiger partial charge on any atom is 0.191 e. The van der Waals surface area contributed by atoms with Gasteiger partial charge < -0.3 is 20.8 Å². The third kappa shape index (κ3) is 5.52. The number of hydrogen-bond acceptors (Lipinski definition) is 3. The van der Waals surface area contributed by atoms with Crippen molar-refractivity contribution < 1.29 is 10.2 Å². The van der Waals surface area contributed by atoms with Gasteiger partial charge in [0.15, 0.2) is 5.96 Å². The molecule has 1 aliphatic rings. The minimum atomic E-state index is -0.641. The van der Waals surface area contributed by atoms with Gasteiger partial charge in [0, 0.05) is 19.0 Å². The Morgan fingerprint density at radius 1 is 1.22 bits per heavy atom. The summed E-state index contributed by atoms with van der Waals surface area (Å²) in [6.07, 6.45) is 3.82. The number of nitrogens with zero attached hydrogens (tertiary/aromatic N) is 1. The zero-order chi connectivity index (χ0) is 16.5. The maximum absolute atomic E-state index is 10.4. The van der Waals surface area contributed by atoms with Gasteiger partial charge in [-0.25, -0.2) is 0 Å². The maximum atomic E-state index is 10.4. The lowest BCUT2D eigenvalue weighted by Gasteiger charge is -2.21. The average Bonchev–Trinajstić information content (AvgIpc) is 3.01. The van der Waals surface area contributed by atoms with Gasteiger partial charge in [-0.05, 0) is 25.3 Å². The van der Waals surface area contributed by atoms with E-state index in [0.29, 0.717) is 19.0 Å². The van der Waals surface area contributed by atoms with Crippen molar-refractivity contribution in [3.63, 3.8) is 0 Å². The molecule has 0 aliphatic heterocycles. The van der Waals surface area contributed by atoms with Crippen LogP contribution in [0.5, 0.6) is 0 Å². The minimum Gasteiger partial charge on any atom is -0.396 e. The summed E-state index contributed by atoms with van der Waals surface area (Å²) in [5, 5.41) is 26.5. The van der Waals surface area contributed by atoms with E-state index in [4.69, 9.17) is 0 Å². The number of aliphatic imine (C=N–C) groups is 1. The van der Waals surface area contributed by atoms with Gasteiger partial charge >= 0.3 is 0 Å². The van der Waals surface area contributed by atoms with Crippen LogP contribution < -0.4 is 10.6 Å². The van der Waals surface area contributed by atoms with Crippen molar-refractivity contribution in [3.05, 3.63) is 35.9 Å². The molecule has 0 aromatic heterocycles. The number of benzene rings is 1. The minimum absolute atomic E-state index is 0.0228. The standard InChI is InChI=1S/C18H29N3O2/c1-2-19-17(21-14-18(23)10-6-7-11-18)20-12-16(13-22)15-8-4-3-5-9-15/h3-5,8-9,16,22-23H,2,6-7,10-14H2,1H3,(H2,19,20,21). The van der Waals surface area contributed by atoms with Crippen LogP contribution in [0.25, 0.3) is 0 Å². The van der Waals surface area contributed by atoms with Crippen LogP contribution in [0, 0.1) is 0 Å². The molecular weight excluding hydrogens is 290 g/mol. The normalized spacial score (nSPS) is 18.7. The zero-order valence-corrected chi connectivity index (χ0v) is 14.0. The summed E-state index contributed by atoms with van der Waals surface area (Å²) in [6.45, 7) is 3.89. The van der Waals surface area contributed by atoms with Crippen molar-refractivity contribution in [1.29, 1.82) is 0 Å². The molecule has 2 rings (SSSR count). The van der Waals surface area contributed by atoms with Gasteiger partial charge in [0.2, 0.25) is 0 Å². The van der Waals surface area contributed by atoms with Gasteiger partial charge in [-0.3, -0.25) is 4.99 Å². The van der Waals surface area contributed by atoms with Crippen molar-refractivity contribution in [2.24, 2.45) is 4.99 Å². The molecule has 0 spiro atoms. The first-order chi connectivity index (χ1) is 11.2. The first-order valence-electron chi connectivity index (χ1n) is 8.57. The molecule has 0 saturated heterocycles. The molecular formula is C18H29N3O2. The lowest BCUT2D eigenvalue weighted by Crippen LogP contribution is -2.41. The number of aliphatic hydroxyl groups excluding tert-OH is 1. The van der Waals surface area contributed by atoms with Gasteiger partial charge in [-0.1, -0.05) is 43.2 Å². The lowest BCUT2D eigenvalue weighted by molar-refractivity contribution is 0.0574. The topological polar surface area (TPSA) is 76.9 Å². The largest absolute Gasteiger partial charge is 0.396 e. The summed E-state index contributed by atoms with van der Waals surface area (Å²) in [6, 6.07) is 9.97. The van der Waals surface area contributed by atoms with E-state index < -0.39 is 5.60 Å². The Balaban J connectivity index is 1.92. The summed E-state index contributed by atoms with van der Waals surface area (Å²) in [7, 11) is 0. The predicted octanol–water partition coefficient (Wildman–Crippen LogP) is 1.62. The highest BCUT2D eigenvalue weighted by Gasteiger charge is 2.30. The fourth-order valence-corrected chi connectivity index (χ4v) is 2.99. The summed E-state index contributed by atoms with van der Waals surface area (Å²) < 4.78 is 0. The molecule has 4 N–H and O–H groups in total. The summed E-state index contributed by atoms with van der Waals surface area (Å²) in [5.74, 6) is 0.719. The molecule has 0 bridgehead atoms. The van der Waals surface area contributed by atoms with Crippen LogP contribution >= 0.6 is 0 Å². The van der Waals surface area contributed by atoms with E-state index in [1.54, 1.807) is 0 Å². The van der Waals surface area contributed by atoms with Gasteiger partial charge in [0.1, 0.15) is 0 Å². The highest BCUT2D eigenvalue weighted by atomic mass is 16.3. The predicted molar refractivity (Wildman–Crippen MR) is 93.7 cm³/mol. The highest BCUT2D eigenvalue weighted by molar-refractivity contribution is 5.79. The van der Waals surface area contributed by atoms with Gasteiger partial charge in [-0.2, -0.15) is 0 Å². The summed E-state index contributed by atoms with van der Waals surface area (Å²) in [5.41, 5.74) is 0.464. The Bertz CT molecular complexity index is 484. The molecule has 1 fully saturated rings. The number of guanidine groups is 1. The molecule has 23 heavy (non-hydrogen) atoms. The Hall–Kier alpha value is -1.59. The highest BCUT2D eigenvalue weighted by Crippen LogP contribution is 2.29. The molecule has 128 valence electrons. The molecule has 1 saturated carbocycles. The van der Waals surface area contributed by atoms with Crippen molar-refractivity contribution >= 4 is 5.96 Å². The lowest BCUT2D eigenvalue weighted by atomic mass is 10.0. The van der Waals surface area contributed by atoms with Crippen molar-refractivity contribution in [3.8, 4) is 0 Å². The van der Waals surface area contributed by atoms with Crippen LogP contribution in [-0.4, -0.2) is 48.0 Å². The van der Waals surface area contributed by atoms with E-state index in [1.807, 2.05) is 37.3 Å². The molecule has 5 nitrogen and oxygen atoms in total. The molecule has 1 aromatic carbocycles. The number of hydrogen-bond donors (Lipinski definition) is 4. The second kappa shape index (κ2) is 8.89. The van der Waals surface area contributed by atoms with E-state index >= 15 is 0 Å². The zero-order valence-electron chi connectivity index (χ0n) is 14.0. The molecule has 1 atom stereocenters. The monoisotopic (exact) mass is 319 g/mol. The van der Waals surface area contributed by atoms with E-state index in [1.165, 1.54) is 0 Å². The average molecular weight is 319 g/mol. The summed E-state index contributed by atoms with van der Waals surface area (Å²) >= 11 is 0. The van der Waals surface area contributed by atoms with E-state index in [2.05, 4.69) is 15.6 Å². The molecule has 5 heteroatoms. The van der Waals surface area contributed by atoms with E-state index in [9.17, 15) is 10.2 Å². The SMILES string of the molecule is CCNC(=NCC1(O)CCCC1)NCC(CO)c1ccccc1. The molecule has 0 heterocycles. The fraction of sp³-hybridized carbons (Fsp3) is 0.611. The third-order valence-corrected chi connectivity index (χ3v) is 4.42. The molecule has 1 aromatic rings. The molecule has 1 unspecified atom stereocenters. The van der Waals surface area contributed by atoms with Crippen LogP contribution in [0.2, 0.25) is 0 Å². The van der Waals surface area contributed by atoms with E-state index in [-0.39, 0.29) is 12.5 Å². The summed E-state index contributed by atoms with van der Waals surface area (Å²) in [4.78, 5) is 4.53. The van der Waals surface area contributed by atoms with Gasteiger partial charge in [0.25, 0.3) is 0 Å². The van der Waals surface area contributed by atoms with Crippen molar-refractivity contribution in [2.75, 3.05) is 26.2 Å². The Morgan fingerprint density at radius 3 is 2.52 bits per heavy atom. The van der Waals surface area contributed by atoms with Crippen LogP contribution in [0.3, 0.4) is 0 Å². The number of rotatable bonds is 7. The van der Waals surface area contributed by atoms with Crippen LogP contribution in [0.4, 0.5) is 0 Å². The Labute approximate surface area is 138 Å². The van der Waals surface area contributed by atoms with Crippen molar-refractivity contribution in [2.45, 2.75) is 44.1 Å². The molecule has 1 aliphatic carbocycles.